The number of ether oxygens (including phenoxy) is 1. The van der Waals surface area contributed by atoms with E-state index in [9.17, 15) is 9.59 Å². The van der Waals surface area contributed by atoms with Crippen molar-refractivity contribution < 1.29 is 14.3 Å². The van der Waals surface area contributed by atoms with Gasteiger partial charge < -0.3 is 4.74 Å². The Morgan fingerprint density at radius 2 is 1.74 bits per heavy atom. The zero-order valence-corrected chi connectivity index (χ0v) is 11.1. The summed E-state index contributed by atoms with van der Waals surface area (Å²) in [5, 5.41) is 0. The highest BCUT2D eigenvalue weighted by Gasteiger charge is 2.46. The summed E-state index contributed by atoms with van der Waals surface area (Å²) in [6, 6.07) is 5.53. The van der Waals surface area contributed by atoms with Crippen LogP contribution in [0.15, 0.2) is 30.4 Å². The summed E-state index contributed by atoms with van der Waals surface area (Å²) in [5.41, 5.74) is 2.13. The summed E-state index contributed by atoms with van der Waals surface area (Å²) >= 11 is 0. The fourth-order valence-corrected chi connectivity index (χ4v) is 2.53. The largest absolute Gasteiger partial charge is 0.367 e. The van der Waals surface area contributed by atoms with Gasteiger partial charge in [-0.05, 0) is 50.5 Å². The molecular formula is C16H16O3. The van der Waals surface area contributed by atoms with Gasteiger partial charge >= 0.3 is 0 Å². The molecule has 0 aromatic heterocycles. The summed E-state index contributed by atoms with van der Waals surface area (Å²) < 4.78 is 5.54. The number of carbonyl (C=O) groups is 2. The molecular weight excluding hydrogens is 240 g/mol. The van der Waals surface area contributed by atoms with Crippen molar-refractivity contribution in [1.82, 2.24) is 0 Å². The third-order valence-corrected chi connectivity index (χ3v) is 3.86. The van der Waals surface area contributed by atoms with Crippen LogP contribution in [-0.2, 0) is 11.2 Å². The van der Waals surface area contributed by atoms with Gasteiger partial charge in [-0.1, -0.05) is 12.1 Å². The number of epoxide rings is 1. The molecule has 0 radical (unpaired) electrons. The lowest BCUT2D eigenvalue weighted by Crippen LogP contribution is -2.12. The number of hydrogen-bond donors (Lipinski definition) is 0. The molecule has 1 aromatic rings. The van der Waals surface area contributed by atoms with Crippen molar-refractivity contribution in [1.29, 1.82) is 0 Å². The van der Waals surface area contributed by atoms with E-state index >= 15 is 0 Å². The summed E-state index contributed by atoms with van der Waals surface area (Å²) in [5.74, 6) is -0.174. The molecule has 1 aliphatic heterocycles. The third-order valence-electron chi connectivity index (χ3n) is 3.86. The van der Waals surface area contributed by atoms with E-state index in [4.69, 9.17) is 4.74 Å². The predicted octanol–water partition coefficient (Wildman–Crippen LogP) is 2.73. The molecule has 3 rings (SSSR count). The van der Waals surface area contributed by atoms with Gasteiger partial charge in [-0.25, -0.2) is 0 Å². The molecule has 2 aliphatic rings. The van der Waals surface area contributed by atoms with E-state index in [1.165, 1.54) is 12.2 Å². The second kappa shape index (κ2) is 4.14. The quantitative estimate of drug-likeness (QED) is 0.781. The Kier molecular flexibility index (Phi) is 2.68. The Balaban J connectivity index is 1.77. The second-order valence-corrected chi connectivity index (χ2v) is 5.69. The maximum atomic E-state index is 11.8. The molecule has 1 fully saturated rings. The summed E-state index contributed by atoms with van der Waals surface area (Å²) in [7, 11) is 0. The summed E-state index contributed by atoms with van der Waals surface area (Å²) in [4.78, 5) is 23.4. The Bertz CT molecular complexity index is 596. The molecule has 0 N–H and O–H groups in total. The molecule has 3 heteroatoms. The van der Waals surface area contributed by atoms with Crippen LogP contribution in [0, 0.1) is 0 Å². The smallest absolute Gasteiger partial charge is 0.186 e. The number of rotatable bonds is 3. The average Bonchev–Trinajstić information content (AvgIpc) is 2.99. The van der Waals surface area contributed by atoms with Crippen molar-refractivity contribution in [2.45, 2.75) is 38.4 Å². The Hall–Kier alpha value is -1.74. The van der Waals surface area contributed by atoms with E-state index in [0.717, 1.165) is 18.4 Å². The van der Waals surface area contributed by atoms with E-state index in [2.05, 4.69) is 13.8 Å². The number of benzene rings is 1. The van der Waals surface area contributed by atoms with Crippen LogP contribution in [0.2, 0.25) is 0 Å². The van der Waals surface area contributed by atoms with E-state index < -0.39 is 0 Å². The maximum Gasteiger partial charge on any atom is 0.186 e. The van der Waals surface area contributed by atoms with Crippen LogP contribution < -0.4 is 0 Å². The first kappa shape index (κ1) is 12.3. The van der Waals surface area contributed by atoms with Crippen molar-refractivity contribution in [2.75, 3.05) is 0 Å². The zero-order valence-electron chi connectivity index (χ0n) is 11.1. The van der Waals surface area contributed by atoms with Crippen LogP contribution >= 0.6 is 0 Å². The van der Waals surface area contributed by atoms with Crippen LogP contribution in [0.25, 0.3) is 0 Å². The average molecular weight is 256 g/mol. The lowest BCUT2D eigenvalue weighted by molar-refractivity contribution is 0.0994. The SMILES string of the molecule is CC1(C)OC1CCc1ccc2c(c1)C(=O)C=CC2=O. The highest BCUT2D eigenvalue weighted by Crippen LogP contribution is 2.38. The Morgan fingerprint density at radius 3 is 2.37 bits per heavy atom. The van der Waals surface area contributed by atoms with Gasteiger partial charge in [-0.15, -0.1) is 0 Å². The highest BCUT2D eigenvalue weighted by atomic mass is 16.6. The Labute approximate surface area is 112 Å². The van der Waals surface area contributed by atoms with E-state index in [-0.39, 0.29) is 17.2 Å². The minimum absolute atomic E-state index is 0.00271. The van der Waals surface area contributed by atoms with Gasteiger partial charge in [0.2, 0.25) is 0 Å². The highest BCUT2D eigenvalue weighted by molar-refractivity contribution is 6.22. The van der Waals surface area contributed by atoms with Gasteiger partial charge in [-0.3, -0.25) is 9.59 Å². The first-order valence-electron chi connectivity index (χ1n) is 6.55. The van der Waals surface area contributed by atoms with E-state index in [1.807, 2.05) is 12.1 Å². The van der Waals surface area contributed by atoms with Crippen LogP contribution in [0.4, 0.5) is 0 Å². The van der Waals surface area contributed by atoms with Crippen LogP contribution in [0.5, 0.6) is 0 Å². The topological polar surface area (TPSA) is 46.7 Å². The molecule has 98 valence electrons. The zero-order chi connectivity index (χ0) is 13.6. The van der Waals surface area contributed by atoms with Crippen molar-refractivity contribution in [3.63, 3.8) is 0 Å². The third kappa shape index (κ3) is 2.26. The second-order valence-electron chi connectivity index (χ2n) is 5.69. The molecule has 0 bridgehead atoms. The van der Waals surface area contributed by atoms with Gasteiger partial charge in [0.15, 0.2) is 11.6 Å². The van der Waals surface area contributed by atoms with Crippen molar-refractivity contribution in [3.8, 4) is 0 Å². The fraction of sp³-hybridized carbons (Fsp3) is 0.375. The first-order chi connectivity index (χ1) is 8.97. The summed E-state index contributed by atoms with van der Waals surface area (Å²) in [6.07, 6.45) is 4.81. The molecule has 0 saturated carbocycles. The number of carbonyl (C=O) groups excluding carboxylic acids is 2. The Morgan fingerprint density at radius 1 is 1.11 bits per heavy atom. The molecule has 1 unspecified atom stereocenters. The van der Waals surface area contributed by atoms with Gasteiger partial charge in [0.1, 0.15) is 0 Å². The number of aryl methyl sites for hydroxylation is 1. The maximum absolute atomic E-state index is 11.8. The molecule has 1 heterocycles. The predicted molar refractivity (Wildman–Crippen MR) is 71.5 cm³/mol. The normalized spacial score (nSPS) is 23.4. The van der Waals surface area contributed by atoms with Gasteiger partial charge in [0.25, 0.3) is 0 Å². The van der Waals surface area contributed by atoms with Crippen LogP contribution in [-0.4, -0.2) is 23.3 Å². The minimum Gasteiger partial charge on any atom is -0.367 e. The van der Waals surface area contributed by atoms with E-state index in [0.29, 0.717) is 17.2 Å². The molecule has 3 nitrogen and oxygen atoms in total. The number of fused-ring (bicyclic) bond motifs is 1. The lowest BCUT2D eigenvalue weighted by Gasteiger charge is -2.10. The van der Waals surface area contributed by atoms with Crippen molar-refractivity contribution in [2.24, 2.45) is 0 Å². The monoisotopic (exact) mass is 256 g/mol. The molecule has 0 spiro atoms. The first-order valence-corrected chi connectivity index (χ1v) is 6.55. The van der Waals surface area contributed by atoms with E-state index in [1.54, 1.807) is 6.07 Å². The molecule has 1 atom stereocenters. The number of hydrogen-bond acceptors (Lipinski definition) is 3. The number of allylic oxidation sites excluding steroid dienone is 2. The lowest BCUT2D eigenvalue weighted by atomic mass is 9.91. The van der Waals surface area contributed by atoms with Gasteiger partial charge in [-0.2, -0.15) is 0 Å². The van der Waals surface area contributed by atoms with Crippen LogP contribution in [0.3, 0.4) is 0 Å². The molecule has 1 aliphatic carbocycles. The van der Waals surface area contributed by atoms with Gasteiger partial charge in [0.05, 0.1) is 11.7 Å². The van der Waals surface area contributed by atoms with Gasteiger partial charge in [0, 0.05) is 11.1 Å². The van der Waals surface area contributed by atoms with Crippen molar-refractivity contribution >= 4 is 11.6 Å². The summed E-state index contributed by atoms with van der Waals surface area (Å²) in [6.45, 7) is 4.16. The molecule has 1 aromatic carbocycles. The fourth-order valence-electron chi connectivity index (χ4n) is 2.53. The van der Waals surface area contributed by atoms with Crippen molar-refractivity contribution in [3.05, 3.63) is 47.0 Å². The van der Waals surface area contributed by atoms with Crippen LogP contribution in [0.1, 0.15) is 46.5 Å². The molecule has 19 heavy (non-hydrogen) atoms. The standard InChI is InChI=1S/C16H16O3/c1-16(2)15(19-16)8-4-10-3-5-11-12(9-10)14(18)7-6-13(11)17/h3,5-7,9,15H,4,8H2,1-2H3. The number of ketones is 2. The molecule has 1 saturated heterocycles. The molecule has 0 amide bonds. The minimum atomic E-state index is -0.0900.